The molecule has 0 radical (unpaired) electrons. The van der Waals surface area contributed by atoms with Crippen molar-refractivity contribution >= 4 is 17.3 Å². The van der Waals surface area contributed by atoms with Crippen molar-refractivity contribution in [1.82, 2.24) is 0 Å². The number of methoxy groups -OCH3 is 1. The van der Waals surface area contributed by atoms with Crippen LogP contribution < -0.4 is 15.4 Å². The summed E-state index contributed by atoms with van der Waals surface area (Å²) in [5, 5.41) is 5.90. The first-order chi connectivity index (χ1) is 9.63. The molecule has 0 bridgehead atoms. The van der Waals surface area contributed by atoms with Crippen molar-refractivity contribution in [3.8, 4) is 5.75 Å². The van der Waals surface area contributed by atoms with Gasteiger partial charge < -0.3 is 15.4 Å². The van der Waals surface area contributed by atoms with Crippen LogP contribution in [-0.4, -0.2) is 20.1 Å². The number of ether oxygens (including phenoxy) is 1. The number of nitrogens with one attached hydrogen (secondary N) is 2. The zero-order chi connectivity index (χ0) is 14.5. The fraction of sp³-hybridized carbons (Fsp3) is 0.188. The van der Waals surface area contributed by atoms with Gasteiger partial charge in [0.2, 0.25) is 0 Å². The van der Waals surface area contributed by atoms with E-state index in [1.165, 1.54) is 0 Å². The molecule has 20 heavy (non-hydrogen) atoms. The van der Waals surface area contributed by atoms with Gasteiger partial charge in [-0.3, -0.25) is 4.79 Å². The number of carbonyl (C=O) groups is 1. The molecule has 0 unspecified atom stereocenters. The molecule has 1 amide bonds. The van der Waals surface area contributed by atoms with Gasteiger partial charge in [0.1, 0.15) is 5.75 Å². The van der Waals surface area contributed by atoms with E-state index in [1.807, 2.05) is 43.3 Å². The maximum atomic E-state index is 12.4. The van der Waals surface area contributed by atoms with Crippen molar-refractivity contribution in [2.45, 2.75) is 6.92 Å². The predicted molar refractivity (Wildman–Crippen MR) is 81.7 cm³/mol. The number of hydrogen-bond acceptors (Lipinski definition) is 3. The van der Waals surface area contributed by atoms with Gasteiger partial charge in [0.15, 0.2) is 0 Å². The molecule has 4 nitrogen and oxygen atoms in total. The molecule has 0 saturated carbocycles. The highest BCUT2D eigenvalue weighted by Gasteiger charge is 2.11. The molecule has 0 fully saturated rings. The zero-order valence-electron chi connectivity index (χ0n) is 11.9. The van der Waals surface area contributed by atoms with Crippen molar-refractivity contribution in [3.63, 3.8) is 0 Å². The first kappa shape index (κ1) is 13.9. The van der Waals surface area contributed by atoms with Crippen molar-refractivity contribution in [3.05, 3.63) is 53.6 Å². The lowest BCUT2D eigenvalue weighted by atomic mass is 10.1. The standard InChI is InChI=1S/C16H18N2O2/c1-11-7-8-15(17-2)14(9-11)16(19)18-12-5-4-6-13(10-12)20-3/h4-10,17H,1-3H3,(H,18,19). The quantitative estimate of drug-likeness (QED) is 0.896. The summed E-state index contributed by atoms with van der Waals surface area (Å²) in [6, 6.07) is 13.0. The minimum Gasteiger partial charge on any atom is -0.497 e. The molecule has 2 rings (SSSR count). The van der Waals surface area contributed by atoms with Gasteiger partial charge in [-0.05, 0) is 31.2 Å². The van der Waals surface area contributed by atoms with Crippen LogP contribution in [0.25, 0.3) is 0 Å². The van der Waals surface area contributed by atoms with Gasteiger partial charge in [-0.15, -0.1) is 0 Å². The van der Waals surface area contributed by atoms with Gasteiger partial charge in [-0.25, -0.2) is 0 Å². The molecule has 0 aliphatic heterocycles. The number of rotatable bonds is 4. The first-order valence-corrected chi connectivity index (χ1v) is 6.38. The zero-order valence-corrected chi connectivity index (χ0v) is 11.9. The monoisotopic (exact) mass is 270 g/mol. The third kappa shape index (κ3) is 3.09. The van der Waals surface area contributed by atoms with Crippen LogP contribution >= 0.6 is 0 Å². The van der Waals surface area contributed by atoms with Gasteiger partial charge >= 0.3 is 0 Å². The lowest BCUT2D eigenvalue weighted by Gasteiger charge is -2.11. The summed E-state index contributed by atoms with van der Waals surface area (Å²) >= 11 is 0. The van der Waals surface area contributed by atoms with Crippen LogP contribution in [0, 0.1) is 6.92 Å². The SMILES string of the molecule is CNc1ccc(C)cc1C(=O)Nc1cccc(OC)c1. The van der Waals surface area contributed by atoms with E-state index >= 15 is 0 Å². The van der Waals surface area contributed by atoms with E-state index in [2.05, 4.69) is 10.6 Å². The summed E-state index contributed by atoms with van der Waals surface area (Å²) < 4.78 is 5.14. The largest absolute Gasteiger partial charge is 0.497 e. The summed E-state index contributed by atoms with van der Waals surface area (Å²) in [6.07, 6.45) is 0. The Kier molecular flexibility index (Phi) is 4.25. The van der Waals surface area contributed by atoms with Gasteiger partial charge in [-0.1, -0.05) is 17.7 Å². The van der Waals surface area contributed by atoms with Crippen molar-refractivity contribution in [2.75, 3.05) is 24.8 Å². The topological polar surface area (TPSA) is 50.4 Å². The Balaban J connectivity index is 2.25. The van der Waals surface area contributed by atoms with E-state index in [0.717, 1.165) is 11.3 Å². The van der Waals surface area contributed by atoms with Crippen molar-refractivity contribution in [2.24, 2.45) is 0 Å². The van der Waals surface area contributed by atoms with Crippen molar-refractivity contribution in [1.29, 1.82) is 0 Å². The van der Waals surface area contributed by atoms with E-state index in [0.29, 0.717) is 17.0 Å². The summed E-state index contributed by atoms with van der Waals surface area (Å²) in [6.45, 7) is 1.96. The molecule has 104 valence electrons. The smallest absolute Gasteiger partial charge is 0.257 e. The van der Waals surface area contributed by atoms with Crippen LogP contribution in [-0.2, 0) is 0 Å². The maximum Gasteiger partial charge on any atom is 0.257 e. The van der Waals surface area contributed by atoms with E-state index in [4.69, 9.17) is 4.74 Å². The number of hydrogen-bond donors (Lipinski definition) is 2. The third-order valence-corrected chi connectivity index (χ3v) is 3.02. The van der Waals surface area contributed by atoms with E-state index < -0.39 is 0 Å². The molecule has 4 heteroatoms. The molecule has 0 aromatic heterocycles. The highest BCUT2D eigenvalue weighted by atomic mass is 16.5. The number of aryl methyl sites for hydroxylation is 1. The van der Waals surface area contributed by atoms with E-state index in [9.17, 15) is 4.79 Å². The molecule has 0 aliphatic rings. The number of carbonyl (C=O) groups excluding carboxylic acids is 1. The summed E-state index contributed by atoms with van der Waals surface area (Å²) in [4.78, 5) is 12.4. The minimum atomic E-state index is -0.147. The van der Waals surface area contributed by atoms with E-state index in [-0.39, 0.29) is 5.91 Å². The minimum absolute atomic E-state index is 0.147. The van der Waals surface area contributed by atoms with E-state index in [1.54, 1.807) is 20.2 Å². The summed E-state index contributed by atoms with van der Waals surface area (Å²) in [5.41, 5.74) is 3.17. The molecule has 0 spiro atoms. The Morgan fingerprint density at radius 1 is 1.15 bits per heavy atom. The normalized spacial score (nSPS) is 9.95. The molecule has 2 aromatic carbocycles. The molecule has 0 atom stereocenters. The summed E-state index contributed by atoms with van der Waals surface area (Å²) in [7, 11) is 3.40. The molecule has 0 saturated heterocycles. The highest BCUT2D eigenvalue weighted by Crippen LogP contribution is 2.21. The first-order valence-electron chi connectivity index (χ1n) is 6.38. The Hall–Kier alpha value is -2.49. The molecular weight excluding hydrogens is 252 g/mol. The lowest BCUT2D eigenvalue weighted by Crippen LogP contribution is -2.14. The molecular formula is C16H18N2O2. The second-order valence-corrected chi connectivity index (χ2v) is 4.49. The van der Waals surface area contributed by atoms with Crippen LogP contribution in [0.5, 0.6) is 5.75 Å². The number of benzene rings is 2. The Morgan fingerprint density at radius 3 is 2.65 bits per heavy atom. The Labute approximate surface area is 118 Å². The second kappa shape index (κ2) is 6.10. The second-order valence-electron chi connectivity index (χ2n) is 4.49. The van der Waals surface area contributed by atoms with Gasteiger partial charge in [-0.2, -0.15) is 0 Å². The van der Waals surface area contributed by atoms with Crippen LogP contribution in [0.1, 0.15) is 15.9 Å². The van der Waals surface area contributed by atoms with Gasteiger partial charge in [0.25, 0.3) is 5.91 Å². The van der Waals surface area contributed by atoms with Crippen molar-refractivity contribution < 1.29 is 9.53 Å². The molecule has 2 N–H and O–H groups in total. The fourth-order valence-electron chi connectivity index (χ4n) is 1.96. The average Bonchev–Trinajstić information content (AvgIpc) is 2.47. The highest BCUT2D eigenvalue weighted by molar-refractivity contribution is 6.08. The van der Waals surface area contributed by atoms with Gasteiger partial charge in [0.05, 0.1) is 12.7 Å². The summed E-state index contributed by atoms with van der Waals surface area (Å²) in [5.74, 6) is 0.562. The van der Waals surface area contributed by atoms with Crippen LogP contribution in [0.4, 0.5) is 11.4 Å². The lowest BCUT2D eigenvalue weighted by molar-refractivity contribution is 0.102. The maximum absolute atomic E-state index is 12.4. The van der Waals surface area contributed by atoms with Crippen LogP contribution in [0.15, 0.2) is 42.5 Å². The fourth-order valence-corrected chi connectivity index (χ4v) is 1.96. The molecule has 2 aromatic rings. The van der Waals surface area contributed by atoms with Crippen LogP contribution in [0.2, 0.25) is 0 Å². The third-order valence-electron chi connectivity index (χ3n) is 3.02. The molecule has 0 heterocycles. The Bertz CT molecular complexity index is 624. The predicted octanol–water partition coefficient (Wildman–Crippen LogP) is 3.30. The van der Waals surface area contributed by atoms with Crippen LogP contribution in [0.3, 0.4) is 0 Å². The number of anilines is 2. The Morgan fingerprint density at radius 2 is 1.95 bits per heavy atom. The molecule has 0 aliphatic carbocycles. The number of amides is 1. The average molecular weight is 270 g/mol. The van der Waals surface area contributed by atoms with Gasteiger partial charge in [0, 0.05) is 24.5 Å².